The first-order chi connectivity index (χ1) is 10.8. The van der Waals surface area contributed by atoms with Gasteiger partial charge in [0.15, 0.2) is 0 Å². The molecule has 1 saturated carbocycles. The number of piperazine rings is 1. The minimum Gasteiger partial charge on any atom is -0.353 e. The molecule has 0 radical (unpaired) electrons. The SMILES string of the molecule is Clc1cnc(N2CCN(c3cc(C4CC4)ncn3)CC2)nc1. The van der Waals surface area contributed by atoms with Crippen LogP contribution in [0.2, 0.25) is 5.02 Å². The van der Waals surface area contributed by atoms with Gasteiger partial charge in [0.2, 0.25) is 5.95 Å². The molecule has 0 spiro atoms. The second-order valence-corrected chi connectivity index (χ2v) is 6.19. The summed E-state index contributed by atoms with van der Waals surface area (Å²) in [4.78, 5) is 21.9. The summed E-state index contributed by atoms with van der Waals surface area (Å²) in [5.74, 6) is 2.43. The Kier molecular flexibility index (Phi) is 3.54. The van der Waals surface area contributed by atoms with Gasteiger partial charge in [-0.25, -0.2) is 19.9 Å². The van der Waals surface area contributed by atoms with Gasteiger partial charge in [-0.05, 0) is 12.8 Å². The molecule has 0 aromatic carbocycles. The van der Waals surface area contributed by atoms with Gasteiger partial charge in [-0.3, -0.25) is 0 Å². The summed E-state index contributed by atoms with van der Waals surface area (Å²) in [6, 6.07) is 2.14. The summed E-state index contributed by atoms with van der Waals surface area (Å²) in [5.41, 5.74) is 1.19. The lowest BCUT2D eigenvalue weighted by atomic mass is 10.2. The van der Waals surface area contributed by atoms with E-state index in [0.29, 0.717) is 10.9 Å². The topological polar surface area (TPSA) is 58.0 Å². The van der Waals surface area contributed by atoms with E-state index in [1.807, 2.05) is 0 Å². The fourth-order valence-corrected chi connectivity index (χ4v) is 2.84. The lowest BCUT2D eigenvalue weighted by Gasteiger charge is -2.35. The quantitative estimate of drug-likeness (QED) is 0.864. The summed E-state index contributed by atoms with van der Waals surface area (Å²) in [7, 11) is 0. The standard InChI is InChI=1S/C15H17ClN6/c16-12-8-17-15(18-9-12)22-5-3-21(4-6-22)14-7-13(11-1-2-11)19-10-20-14/h7-11H,1-6H2. The van der Waals surface area contributed by atoms with E-state index in [1.165, 1.54) is 18.5 Å². The van der Waals surface area contributed by atoms with E-state index in [1.54, 1.807) is 18.7 Å². The summed E-state index contributed by atoms with van der Waals surface area (Å²) in [6.45, 7) is 3.58. The minimum absolute atomic E-state index is 0.566. The van der Waals surface area contributed by atoms with Crippen molar-refractivity contribution in [2.75, 3.05) is 36.0 Å². The number of hydrogen-bond acceptors (Lipinski definition) is 6. The smallest absolute Gasteiger partial charge is 0.225 e. The molecule has 2 aliphatic rings. The number of halogens is 1. The van der Waals surface area contributed by atoms with Crippen molar-refractivity contribution in [3.05, 3.63) is 35.5 Å². The van der Waals surface area contributed by atoms with E-state index in [4.69, 9.17) is 11.6 Å². The van der Waals surface area contributed by atoms with Crippen LogP contribution in [0, 0.1) is 0 Å². The second-order valence-electron chi connectivity index (χ2n) is 5.75. The van der Waals surface area contributed by atoms with Crippen molar-refractivity contribution in [2.45, 2.75) is 18.8 Å². The molecule has 1 aliphatic carbocycles. The highest BCUT2D eigenvalue weighted by molar-refractivity contribution is 6.30. The van der Waals surface area contributed by atoms with Crippen molar-refractivity contribution in [2.24, 2.45) is 0 Å². The molecule has 0 bridgehead atoms. The Hall–Kier alpha value is -1.95. The molecule has 2 aromatic heterocycles. The molecule has 2 aromatic rings. The van der Waals surface area contributed by atoms with E-state index >= 15 is 0 Å². The summed E-state index contributed by atoms with van der Waals surface area (Å²) < 4.78 is 0. The van der Waals surface area contributed by atoms with Crippen molar-refractivity contribution >= 4 is 23.4 Å². The van der Waals surface area contributed by atoms with Crippen molar-refractivity contribution in [1.29, 1.82) is 0 Å². The highest BCUT2D eigenvalue weighted by Crippen LogP contribution is 2.39. The maximum absolute atomic E-state index is 5.83. The van der Waals surface area contributed by atoms with Crippen LogP contribution in [0.5, 0.6) is 0 Å². The third kappa shape index (κ3) is 2.83. The van der Waals surface area contributed by atoms with Gasteiger partial charge in [-0.15, -0.1) is 0 Å². The van der Waals surface area contributed by atoms with Crippen LogP contribution in [0.1, 0.15) is 24.5 Å². The van der Waals surface area contributed by atoms with Crippen LogP contribution in [0.4, 0.5) is 11.8 Å². The summed E-state index contributed by atoms with van der Waals surface area (Å²) in [5, 5.41) is 0.566. The molecule has 114 valence electrons. The molecule has 0 amide bonds. The Morgan fingerprint density at radius 1 is 0.909 bits per heavy atom. The summed E-state index contributed by atoms with van der Waals surface area (Å²) >= 11 is 5.83. The number of hydrogen-bond donors (Lipinski definition) is 0. The third-order valence-corrected chi connectivity index (χ3v) is 4.36. The fourth-order valence-electron chi connectivity index (χ4n) is 2.74. The lowest BCUT2D eigenvalue weighted by molar-refractivity contribution is 0.633. The molecule has 6 nitrogen and oxygen atoms in total. The van der Waals surface area contributed by atoms with Crippen molar-refractivity contribution in [1.82, 2.24) is 19.9 Å². The highest BCUT2D eigenvalue weighted by Gasteiger charge is 2.26. The molecule has 4 rings (SSSR count). The number of anilines is 2. The monoisotopic (exact) mass is 316 g/mol. The van der Waals surface area contributed by atoms with Crippen LogP contribution in [0.3, 0.4) is 0 Å². The van der Waals surface area contributed by atoms with Crippen molar-refractivity contribution in [3.63, 3.8) is 0 Å². The second kappa shape index (κ2) is 5.68. The average Bonchev–Trinajstić information content (AvgIpc) is 3.41. The molecule has 1 saturated heterocycles. The van der Waals surface area contributed by atoms with E-state index < -0.39 is 0 Å². The Labute approximate surface area is 134 Å². The fraction of sp³-hybridized carbons (Fsp3) is 0.467. The van der Waals surface area contributed by atoms with Gasteiger partial charge in [0, 0.05) is 43.9 Å². The van der Waals surface area contributed by atoms with E-state index in [0.717, 1.165) is 37.9 Å². The van der Waals surface area contributed by atoms with Gasteiger partial charge in [0.1, 0.15) is 12.1 Å². The molecule has 0 N–H and O–H groups in total. The van der Waals surface area contributed by atoms with Crippen LogP contribution < -0.4 is 9.80 Å². The number of rotatable bonds is 3. The van der Waals surface area contributed by atoms with E-state index in [-0.39, 0.29) is 0 Å². The first kappa shape index (κ1) is 13.7. The molecule has 2 fully saturated rings. The zero-order chi connectivity index (χ0) is 14.9. The van der Waals surface area contributed by atoms with Crippen LogP contribution in [-0.2, 0) is 0 Å². The first-order valence-electron chi connectivity index (χ1n) is 7.59. The van der Waals surface area contributed by atoms with Gasteiger partial charge in [-0.2, -0.15) is 0 Å². The van der Waals surface area contributed by atoms with Crippen LogP contribution >= 0.6 is 11.6 Å². The van der Waals surface area contributed by atoms with E-state index in [9.17, 15) is 0 Å². The van der Waals surface area contributed by atoms with Gasteiger partial charge >= 0.3 is 0 Å². The average molecular weight is 317 g/mol. The normalized spacial score (nSPS) is 18.6. The van der Waals surface area contributed by atoms with Gasteiger partial charge in [0.25, 0.3) is 0 Å². The predicted octanol–water partition coefficient (Wildman–Crippen LogP) is 2.12. The molecular weight excluding hydrogens is 300 g/mol. The Morgan fingerprint density at radius 2 is 1.59 bits per heavy atom. The first-order valence-corrected chi connectivity index (χ1v) is 7.97. The Bertz CT molecular complexity index is 649. The molecule has 22 heavy (non-hydrogen) atoms. The molecule has 0 atom stereocenters. The molecule has 1 aliphatic heterocycles. The molecule has 3 heterocycles. The van der Waals surface area contributed by atoms with Crippen LogP contribution in [0.25, 0.3) is 0 Å². The number of nitrogens with zero attached hydrogens (tertiary/aromatic N) is 6. The summed E-state index contributed by atoms with van der Waals surface area (Å²) in [6.07, 6.45) is 7.50. The Morgan fingerprint density at radius 3 is 2.27 bits per heavy atom. The maximum atomic E-state index is 5.83. The minimum atomic E-state index is 0.566. The Balaban J connectivity index is 1.43. The predicted molar refractivity (Wildman–Crippen MR) is 85.5 cm³/mol. The zero-order valence-electron chi connectivity index (χ0n) is 12.2. The molecular formula is C15H17ClN6. The zero-order valence-corrected chi connectivity index (χ0v) is 12.9. The van der Waals surface area contributed by atoms with Crippen molar-refractivity contribution in [3.8, 4) is 0 Å². The molecule has 0 unspecified atom stereocenters. The van der Waals surface area contributed by atoms with Gasteiger partial charge < -0.3 is 9.80 Å². The third-order valence-electron chi connectivity index (χ3n) is 4.16. The van der Waals surface area contributed by atoms with Crippen LogP contribution in [-0.4, -0.2) is 46.1 Å². The largest absolute Gasteiger partial charge is 0.353 e. The van der Waals surface area contributed by atoms with Gasteiger partial charge in [-0.1, -0.05) is 11.6 Å². The van der Waals surface area contributed by atoms with E-state index in [2.05, 4.69) is 35.8 Å². The highest BCUT2D eigenvalue weighted by atomic mass is 35.5. The van der Waals surface area contributed by atoms with Crippen molar-refractivity contribution < 1.29 is 0 Å². The maximum Gasteiger partial charge on any atom is 0.225 e. The van der Waals surface area contributed by atoms with Crippen LogP contribution in [0.15, 0.2) is 24.8 Å². The van der Waals surface area contributed by atoms with Gasteiger partial charge in [0.05, 0.1) is 17.4 Å². The lowest BCUT2D eigenvalue weighted by Crippen LogP contribution is -2.47. The molecule has 7 heteroatoms. The number of aromatic nitrogens is 4.